The first kappa shape index (κ1) is 23.3. The van der Waals surface area contributed by atoms with Gasteiger partial charge < -0.3 is 9.47 Å². The van der Waals surface area contributed by atoms with Gasteiger partial charge in [0.25, 0.3) is 0 Å². The topological polar surface area (TPSA) is 54.1 Å². The number of fused-ring (bicyclic) bond motifs is 2. The second-order valence-corrected chi connectivity index (χ2v) is 12.4. The van der Waals surface area contributed by atoms with Crippen molar-refractivity contribution < 1.29 is 9.47 Å². The maximum absolute atomic E-state index is 5.55. The zero-order valence-electron chi connectivity index (χ0n) is 21.3. The van der Waals surface area contributed by atoms with Crippen molar-refractivity contribution in [3.05, 3.63) is 97.3 Å². The standard InChI is InChI=1S/C30H28N4O2P/c1-33-20-26-27(32-33)7-5-9-30(26)37(23-15-11-21(35-3)12-16-23,24-17-13-22(36-4)14-18-24)29-10-6-8-28-25(29)19-31-34(28)2/h5-20H,1-4H3/q+1. The molecule has 0 atom stereocenters. The number of rotatable bonds is 6. The van der Waals surface area contributed by atoms with Crippen molar-refractivity contribution in [3.8, 4) is 11.5 Å². The van der Waals surface area contributed by atoms with Crippen LogP contribution in [0.5, 0.6) is 11.5 Å². The molecule has 37 heavy (non-hydrogen) atoms. The van der Waals surface area contributed by atoms with E-state index in [0.717, 1.165) is 33.3 Å². The fourth-order valence-corrected chi connectivity index (χ4v) is 9.89. The predicted molar refractivity (Wildman–Crippen MR) is 153 cm³/mol. The minimum absolute atomic E-state index is 0.829. The lowest BCUT2D eigenvalue weighted by Crippen LogP contribution is -2.39. The summed E-state index contributed by atoms with van der Waals surface area (Å²) >= 11 is 0. The molecule has 0 bridgehead atoms. The van der Waals surface area contributed by atoms with E-state index < -0.39 is 7.26 Å². The first-order valence-corrected chi connectivity index (χ1v) is 13.9. The Morgan fingerprint density at radius 3 is 1.84 bits per heavy atom. The van der Waals surface area contributed by atoms with E-state index >= 15 is 0 Å². The molecule has 0 aliphatic carbocycles. The number of hydrogen-bond donors (Lipinski definition) is 0. The van der Waals surface area contributed by atoms with Crippen LogP contribution in [0, 0.1) is 0 Å². The van der Waals surface area contributed by atoms with E-state index in [4.69, 9.17) is 14.6 Å². The van der Waals surface area contributed by atoms with Crippen molar-refractivity contribution in [3.63, 3.8) is 0 Å². The van der Waals surface area contributed by atoms with E-state index in [9.17, 15) is 0 Å². The van der Waals surface area contributed by atoms with Crippen molar-refractivity contribution in [1.82, 2.24) is 19.6 Å². The maximum Gasteiger partial charge on any atom is 0.145 e. The van der Waals surface area contributed by atoms with Gasteiger partial charge in [0.05, 0.1) is 42.2 Å². The average Bonchev–Trinajstić information content (AvgIpc) is 3.52. The fraction of sp³-hybridized carbons (Fsp3) is 0.133. The van der Waals surface area contributed by atoms with Crippen molar-refractivity contribution in [2.75, 3.05) is 14.2 Å². The summed E-state index contributed by atoms with van der Waals surface area (Å²) in [5.41, 5.74) is 2.08. The first-order valence-electron chi connectivity index (χ1n) is 12.1. The van der Waals surface area contributed by atoms with Gasteiger partial charge in [0.1, 0.15) is 40.0 Å². The van der Waals surface area contributed by atoms with Gasteiger partial charge in [0.15, 0.2) is 0 Å². The summed E-state index contributed by atoms with van der Waals surface area (Å²) in [6, 6.07) is 30.1. The quantitative estimate of drug-likeness (QED) is 0.319. The van der Waals surface area contributed by atoms with Gasteiger partial charge in [-0.15, -0.1) is 0 Å². The van der Waals surface area contributed by atoms with Crippen LogP contribution < -0.4 is 30.7 Å². The number of benzene rings is 4. The van der Waals surface area contributed by atoms with Gasteiger partial charge in [0, 0.05) is 20.3 Å². The third kappa shape index (κ3) is 3.59. The van der Waals surface area contributed by atoms with Crippen molar-refractivity contribution in [1.29, 1.82) is 0 Å². The third-order valence-corrected chi connectivity index (χ3v) is 11.4. The van der Waals surface area contributed by atoms with E-state index in [0.29, 0.717) is 0 Å². The number of aromatic nitrogens is 4. The summed E-state index contributed by atoms with van der Waals surface area (Å²) < 4.78 is 14.9. The summed E-state index contributed by atoms with van der Waals surface area (Å²) in [6.45, 7) is 0. The van der Waals surface area contributed by atoms with Gasteiger partial charge in [-0.3, -0.25) is 9.36 Å². The SMILES string of the molecule is COc1ccc([P+](c2ccc(OC)cc2)(c2cccc3nn(C)cc23)c2cccc3c2cnn3C)cc1. The molecular formula is C30H28N4O2P+. The lowest BCUT2D eigenvalue weighted by Gasteiger charge is -2.28. The Kier molecular flexibility index (Phi) is 5.69. The molecule has 0 unspecified atom stereocenters. The zero-order valence-corrected chi connectivity index (χ0v) is 22.2. The first-order chi connectivity index (χ1) is 18.1. The molecule has 2 aromatic heterocycles. The molecule has 0 saturated heterocycles. The summed E-state index contributed by atoms with van der Waals surface area (Å²) in [7, 11) is 4.93. The molecular weight excluding hydrogens is 479 g/mol. The second kappa shape index (κ2) is 9.06. The van der Waals surface area contributed by atoms with Gasteiger partial charge in [-0.2, -0.15) is 10.2 Å². The molecule has 6 aromatic rings. The molecule has 6 nitrogen and oxygen atoms in total. The van der Waals surface area contributed by atoms with Crippen LogP contribution in [0.2, 0.25) is 0 Å². The van der Waals surface area contributed by atoms with Crippen LogP contribution in [-0.2, 0) is 14.1 Å². The molecule has 2 heterocycles. The Hall–Kier alpha value is -4.15. The van der Waals surface area contributed by atoms with Crippen LogP contribution in [0.25, 0.3) is 21.8 Å². The highest BCUT2D eigenvalue weighted by Crippen LogP contribution is 2.57. The molecule has 7 heteroatoms. The normalized spacial score (nSPS) is 11.8. The maximum atomic E-state index is 5.55. The van der Waals surface area contributed by atoms with Gasteiger partial charge in [-0.05, 0) is 72.8 Å². The summed E-state index contributed by atoms with van der Waals surface area (Å²) in [5, 5.41) is 16.7. The lowest BCUT2D eigenvalue weighted by atomic mass is 10.2. The molecule has 4 aromatic carbocycles. The van der Waals surface area contributed by atoms with Crippen LogP contribution >= 0.6 is 7.26 Å². The Morgan fingerprint density at radius 1 is 0.676 bits per heavy atom. The van der Waals surface area contributed by atoms with E-state index in [1.165, 1.54) is 21.2 Å². The Bertz CT molecular complexity index is 1660. The molecule has 0 aliphatic rings. The van der Waals surface area contributed by atoms with Gasteiger partial charge in [-0.25, -0.2) is 0 Å². The largest absolute Gasteiger partial charge is 0.497 e. The number of nitrogens with zero attached hydrogens (tertiary/aromatic N) is 4. The minimum atomic E-state index is -2.45. The number of hydrogen-bond acceptors (Lipinski definition) is 4. The van der Waals surface area contributed by atoms with Crippen LogP contribution in [0.3, 0.4) is 0 Å². The van der Waals surface area contributed by atoms with Crippen LogP contribution in [-0.4, -0.2) is 33.8 Å². The van der Waals surface area contributed by atoms with Gasteiger partial charge >= 0.3 is 0 Å². The van der Waals surface area contributed by atoms with E-state index in [1.54, 1.807) is 14.2 Å². The second-order valence-electron chi connectivity index (χ2n) is 9.06. The highest BCUT2D eigenvalue weighted by molar-refractivity contribution is 8.02. The molecule has 0 spiro atoms. The molecule has 0 N–H and O–H groups in total. The molecule has 0 fully saturated rings. The van der Waals surface area contributed by atoms with E-state index in [1.807, 2.05) is 29.7 Å². The minimum Gasteiger partial charge on any atom is -0.497 e. The molecule has 0 radical (unpaired) electrons. The molecule has 0 aliphatic heterocycles. The lowest BCUT2D eigenvalue weighted by molar-refractivity contribution is 0.415. The van der Waals surface area contributed by atoms with Crippen molar-refractivity contribution in [2.45, 2.75) is 0 Å². The van der Waals surface area contributed by atoms with Crippen molar-refractivity contribution >= 4 is 50.3 Å². The average molecular weight is 508 g/mol. The highest BCUT2D eigenvalue weighted by Gasteiger charge is 2.50. The monoisotopic (exact) mass is 507 g/mol. The molecule has 6 rings (SSSR count). The summed E-state index contributed by atoms with van der Waals surface area (Å²) in [6.07, 6.45) is 4.13. The summed E-state index contributed by atoms with van der Waals surface area (Å²) in [4.78, 5) is 0. The van der Waals surface area contributed by atoms with Crippen LogP contribution in [0.4, 0.5) is 0 Å². The van der Waals surface area contributed by atoms with Crippen LogP contribution in [0.15, 0.2) is 97.3 Å². The van der Waals surface area contributed by atoms with Gasteiger partial charge in [0.2, 0.25) is 0 Å². The van der Waals surface area contributed by atoms with Gasteiger partial charge in [-0.1, -0.05) is 12.1 Å². The fourth-order valence-electron chi connectivity index (χ4n) is 5.34. The van der Waals surface area contributed by atoms with Crippen molar-refractivity contribution in [2.24, 2.45) is 14.1 Å². The van der Waals surface area contributed by atoms with Crippen LogP contribution in [0.1, 0.15) is 0 Å². The predicted octanol–water partition coefficient (Wildman–Crippen LogP) is 4.10. The number of aryl methyl sites for hydroxylation is 2. The Labute approximate surface area is 216 Å². The molecule has 0 amide bonds. The molecule has 184 valence electrons. The highest BCUT2D eigenvalue weighted by atomic mass is 31.2. The third-order valence-electron chi connectivity index (χ3n) is 7.05. The number of methoxy groups -OCH3 is 2. The summed E-state index contributed by atoms with van der Waals surface area (Å²) in [5.74, 6) is 1.66. The van der Waals surface area contributed by atoms with E-state index in [-0.39, 0.29) is 0 Å². The zero-order chi connectivity index (χ0) is 25.6. The number of ether oxygens (including phenoxy) is 2. The molecule has 0 saturated carbocycles. The smallest absolute Gasteiger partial charge is 0.145 e. The van der Waals surface area contributed by atoms with E-state index in [2.05, 4.69) is 96.2 Å². The Balaban J connectivity index is 1.82. The Morgan fingerprint density at radius 2 is 1.24 bits per heavy atom.